The molecule has 0 spiro atoms. The average Bonchev–Trinajstić information content (AvgIpc) is 2.90. The number of hydrogen-bond donors (Lipinski definition) is 0. The van der Waals surface area contributed by atoms with Crippen LogP contribution in [-0.4, -0.2) is 5.54 Å². The largest absolute Gasteiger partial charge is 0.207 e. The van der Waals surface area contributed by atoms with Crippen molar-refractivity contribution in [1.82, 2.24) is 0 Å². The van der Waals surface area contributed by atoms with Crippen molar-refractivity contribution in [2.45, 2.75) is 24.8 Å². The Morgan fingerprint density at radius 1 is 1.43 bits per heavy atom. The first-order valence-corrected chi connectivity index (χ1v) is 4.55. The van der Waals surface area contributed by atoms with Crippen LogP contribution in [0.1, 0.15) is 18.4 Å². The van der Waals surface area contributed by atoms with Gasteiger partial charge >= 0.3 is 0 Å². The number of rotatable bonds is 3. The number of benzene rings is 1. The van der Waals surface area contributed by atoms with E-state index in [9.17, 15) is 4.39 Å². The van der Waals surface area contributed by atoms with Gasteiger partial charge in [0.2, 0.25) is 0 Å². The van der Waals surface area contributed by atoms with Crippen molar-refractivity contribution in [3.63, 3.8) is 0 Å². The van der Waals surface area contributed by atoms with Crippen molar-refractivity contribution < 1.29 is 4.39 Å². The zero-order valence-electron chi connectivity index (χ0n) is 7.65. The molecule has 1 fully saturated rings. The molecule has 0 unspecified atom stereocenters. The summed E-state index contributed by atoms with van der Waals surface area (Å²) in [4.78, 5) is 2.80. The molecule has 3 nitrogen and oxygen atoms in total. The normalized spacial score (nSPS) is 17.2. The van der Waals surface area contributed by atoms with E-state index in [4.69, 9.17) is 5.53 Å². The summed E-state index contributed by atoms with van der Waals surface area (Å²) in [7, 11) is 0. The molecule has 0 aliphatic heterocycles. The molecule has 1 aromatic rings. The lowest BCUT2D eigenvalue weighted by atomic mass is 10.0. The van der Waals surface area contributed by atoms with Crippen LogP contribution in [0, 0.1) is 5.82 Å². The molecule has 1 aliphatic rings. The van der Waals surface area contributed by atoms with E-state index >= 15 is 0 Å². The maximum atomic E-state index is 13.3. The maximum Gasteiger partial charge on any atom is 0.126 e. The zero-order valence-corrected chi connectivity index (χ0v) is 7.65. The van der Waals surface area contributed by atoms with E-state index in [0.29, 0.717) is 12.0 Å². The van der Waals surface area contributed by atoms with Gasteiger partial charge in [0.25, 0.3) is 0 Å². The van der Waals surface area contributed by atoms with Crippen LogP contribution in [0.15, 0.2) is 29.4 Å². The summed E-state index contributed by atoms with van der Waals surface area (Å²) in [5, 5.41) is 3.72. The molecule has 0 atom stereocenters. The third-order valence-electron chi connectivity index (χ3n) is 2.56. The highest BCUT2D eigenvalue weighted by Gasteiger charge is 2.42. The van der Waals surface area contributed by atoms with E-state index in [2.05, 4.69) is 10.0 Å². The lowest BCUT2D eigenvalue weighted by Gasteiger charge is -2.07. The lowest BCUT2D eigenvalue weighted by molar-refractivity contribution is 0.581. The van der Waals surface area contributed by atoms with Crippen molar-refractivity contribution in [3.05, 3.63) is 46.1 Å². The van der Waals surface area contributed by atoms with Crippen LogP contribution >= 0.6 is 0 Å². The Kier molecular flexibility index (Phi) is 2.14. The molecule has 0 radical (unpaired) electrons. The van der Waals surface area contributed by atoms with Crippen LogP contribution in [0.4, 0.5) is 4.39 Å². The highest BCUT2D eigenvalue weighted by Crippen LogP contribution is 2.43. The Hall–Kier alpha value is -1.54. The minimum atomic E-state index is -0.336. The van der Waals surface area contributed by atoms with Crippen LogP contribution in [0.5, 0.6) is 0 Å². The Labute approximate surface area is 81.2 Å². The fourth-order valence-corrected chi connectivity index (χ4v) is 1.55. The highest BCUT2D eigenvalue weighted by atomic mass is 19.1. The van der Waals surface area contributed by atoms with Crippen LogP contribution < -0.4 is 0 Å². The molecule has 0 amide bonds. The summed E-state index contributed by atoms with van der Waals surface area (Å²) in [5.74, 6) is -0.216. The quantitative estimate of drug-likeness (QED) is 0.400. The van der Waals surface area contributed by atoms with Gasteiger partial charge in [0, 0.05) is 4.91 Å². The predicted octanol–water partition coefficient (Wildman–Crippen LogP) is 3.21. The van der Waals surface area contributed by atoms with Gasteiger partial charge in [-0.2, -0.15) is 0 Å². The second-order valence-electron chi connectivity index (χ2n) is 3.68. The van der Waals surface area contributed by atoms with E-state index in [1.165, 1.54) is 6.07 Å². The number of halogens is 1. The van der Waals surface area contributed by atoms with Gasteiger partial charge in [-0.15, -0.1) is 0 Å². The molecule has 2 rings (SSSR count). The van der Waals surface area contributed by atoms with Gasteiger partial charge in [0.05, 0.1) is 5.54 Å². The first-order valence-electron chi connectivity index (χ1n) is 4.55. The smallest absolute Gasteiger partial charge is 0.126 e. The Balaban J connectivity index is 2.19. The summed E-state index contributed by atoms with van der Waals surface area (Å²) in [6.07, 6.45) is 2.25. The second-order valence-corrected chi connectivity index (χ2v) is 3.68. The van der Waals surface area contributed by atoms with Crippen molar-refractivity contribution in [2.75, 3.05) is 0 Å². The van der Waals surface area contributed by atoms with Crippen molar-refractivity contribution >= 4 is 0 Å². The summed E-state index contributed by atoms with van der Waals surface area (Å²) in [5.41, 5.74) is 8.65. The Bertz CT molecular complexity index is 392. The fourth-order valence-electron chi connectivity index (χ4n) is 1.55. The van der Waals surface area contributed by atoms with E-state index in [1.807, 2.05) is 0 Å². The molecule has 14 heavy (non-hydrogen) atoms. The van der Waals surface area contributed by atoms with Crippen LogP contribution in [0.25, 0.3) is 10.4 Å². The van der Waals surface area contributed by atoms with Gasteiger partial charge in [0.1, 0.15) is 5.82 Å². The van der Waals surface area contributed by atoms with Crippen molar-refractivity contribution in [2.24, 2.45) is 5.11 Å². The molecule has 0 N–H and O–H groups in total. The summed E-state index contributed by atoms with van der Waals surface area (Å²) in [6, 6.07) is 6.63. The average molecular weight is 191 g/mol. The minimum absolute atomic E-state index is 0.216. The maximum absolute atomic E-state index is 13.3. The molecule has 0 heterocycles. The molecule has 0 saturated heterocycles. The molecular weight excluding hydrogens is 181 g/mol. The van der Waals surface area contributed by atoms with E-state index in [-0.39, 0.29) is 11.4 Å². The first kappa shape index (κ1) is 9.03. The number of nitrogens with zero attached hydrogens (tertiary/aromatic N) is 3. The first-order chi connectivity index (χ1) is 6.76. The third kappa shape index (κ3) is 1.70. The predicted molar refractivity (Wildman–Crippen MR) is 51.2 cm³/mol. The van der Waals surface area contributed by atoms with Gasteiger partial charge < -0.3 is 0 Å². The summed E-state index contributed by atoms with van der Waals surface area (Å²) < 4.78 is 13.3. The van der Waals surface area contributed by atoms with E-state index in [1.54, 1.807) is 18.2 Å². The topological polar surface area (TPSA) is 48.8 Å². The fraction of sp³-hybridized carbons (Fsp3) is 0.400. The molecule has 4 heteroatoms. The third-order valence-corrected chi connectivity index (χ3v) is 2.56. The lowest BCUT2D eigenvalue weighted by Crippen LogP contribution is -2.09. The zero-order chi connectivity index (χ0) is 10.0. The van der Waals surface area contributed by atoms with Crippen LogP contribution in [0.3, 0.4) is 0 Å². The van der Waals surface area contributed by atoms with Crippen molar-refractivity contribution in [1.29, 1.82) is 0 Å². The van der Waals surface area contributed by atoms with Gasteiger partial charge in [0.15, 0.2) is 0 Å². The molecule has 1 aromatic carbocycles. The Morgan fingerprint density at radius 3 is 2.71 bits per heavy atom. The number of hydrogen-bond acceptors (Lipinski definition) is 1. The molecule has 72 valence electrons. The molecule has 1 aliphatic carbocycles. The standard InChI is InChI=1S/C10H10FN3/c11-9-4-2-1-3-8(9)7-10(5-6-10)13-14-12/h1-4H,5-7H2. The van der Waals surface area contributed by atoms with Gasteiger partial charge in [-0.25, -0.2) is 4.39 Å². The van der Waals surface area contributed by atoms with Gasteiger partial charge in [-0.05, 0) is 36.4 Å². The molecule has 1 saturated carbocycles. The minimum Gasteiger partial charge on any atom is -0.207 e. The number of azide groups is 1. The monoisotopic (exact) mass is 191 g/mol. The summed E-state index contributed by atoms with van der Waals surface area (Å²) >= 11 is 0. The van der Waals surface area contributed by atoms with Gasteiger partial charge in [-0.3, -0.25) is 0 Å². The van der Waals surface area contributed by atoms with Gasteiger partial charge in [-0.1, -0.05) is 23.3 Å². The highest BCUT2D eigenvalue weighted by molar-refractivity contribution is 5.23. The molecular formula is C10H10FN3. The molecule has 0 bridgehead atoms. The van der Waals surface area contributed by atoms with Crippen LogP contribution in [0.2, 0.25) is 0 Å². The van der Waals surface area contributed by atoms with Crippen LogP contribution in [-0.2, 0) is 6.42 Å². The van der Waals surface area contributed by atoms with E-state index < -0.39 is 0 Å². The summed E-state index contributed by atoms with van der Waals surface area (Å²) in [6.45, 7) is 0. The van der Waals surface area contributed by atoms with Crippen molar-refractivity contribution in [3.8, 4) is 0 Å². The molecule has 0 aromatic heterocycles. The van der Waals surface area contributed by atoms with E-state index in [0.717, 1.165) is 12.8 Å². The SMILES string of the molecule is [N-]=[N+]=NC1(Cc2ccccc2F)CC1. The second kappa shape index (κ2) is 3.31. The Morgan fingerprint density at radius 2 is 2.14 bits per heavy atom.